The number of hydrogen-bond acceptors (Lipinski definition) is 4. The van der Waals surface area contributed by atoms with Crippen LogP contribution in [-0.4, -0.2) is 30.4 Å². The highest BCUT2D eigenvalue weighted by molar-refractivity contribution is 6.35. The molecule has 2 aromatic carbocycles. The van der Waals surface area contributed by atoms with Crippen molar-refractivity contribution in [2.75, 3.05) is 6.61 Å². The Hall–Kier alpha value is -3.35. The summed E-state index contributed by atoms with van der Waals surface area (Å²) in [6.07, 6.45) is 0. The molecular weight excluding hydrogens is 334 g/mol. The van der Waals surface area contributed by atoms with Crippen LogP contribution in [0.4, 0.5) is 0 Å². The molecular formula is C19H21N3O4. The fourth-order valence-corrected chi connectivity index (χ4v) is 2.07. The van der Waals surface area contributed by atoms with Gasteiger partial charge in [-0.2, -0.15) is 0 Å². The SMILES string of the molecule is CC(C)NC(=O)C(=O)NNC(=O)COc1ccc(-c2ccccc2)cc1. The summed E-state index contributed by atoms with van der Waals surface area (Å²) in [7, 11) is 0. The lowest BCUT2D eigenvalue weighted by Gasteiger charge is -2.10. The molecule has 2 aromatic rings. The molecule has 2 rings (SSSR count). The van der Waals surface area contributed by atoms with E-state index in [1.807, 2.05) is 47.9 Å². The molecule has 3 N–H and O–H groups in total. The average Bonchev–Trinajstić information content (AvgIpc) is 2.65. The second-order valence-electron chi connectivity index (χ2n) is 5.81. The second-order valence-corrected chi connectivity index (χ2v) is 5.81. The monoisotopic (exact) mass is 355 g/mol. The first kappa shape index (κ1) is 19.0. The summed E-state index contributed by atoms with van der Waals surface area (Å²) in [6.45, 7) is 3.15. The van der Waals surface area contributed by atoms with Crippen LogP contribution in [0.15, 0.2) is 54.6 Å². The summed E-state index contributed by atoms with van der Waals surface area (Å²) in [5.41, 5.74) is 6.26. The number of amides is 3. The van der Waals surface area contributed by atoms with Crippen LogP contribution < -0.4 is 20.9 Å². The van der Waals surface area contributed by atoms with E-state index in [-0.39, 0.29) is 12.6 Å². The molecule has 136 valence electrons. The van der Waals surface area contributed by atoms with E-state index in [4.69, 9.17) is 4.74 Å². The maximum atomic E-state index is 11.7. The lowest BCUT2D eigenvalue weighted by Crippen LogP contribution is -2.50. The standard InChI is InChI=1S/C19H21N3O4/c1-13(2)20-18(24)19(25)22-21-17(23)12-26-16-10-8-15(9-11-16)14-6-4-3-5-7-14/h3-11,13H,12H2,1-2H3,(H,20,24)(H,21,23)(H,22,25). The van der Waals surface area contributed by atoms with Crippen LogP contribution in [0.3, 0.4) is 0 Å². The molecule has 0 unspecified atom stereocenters. The van der Waals surface area contributed by atoms with Crippen molar-refractivity contribution in [2.24, 2.45) is 0 Å². The minimum Gasteiger partial charge on any atom is -0.484 e. The molecule has 7 heteroatoms. The molecule has 0 atom stereocenters. The molecule has 0 aliphatic carbocycles. The van der Waals surface area contributed by atoms with Crippen LogP contribution in [-0.2, 0) is 14.4 Å². The first-order valence-corrected chi connectivity index (χ1v) is 8.13. The van der Waals surface area contributed by atoms with Crippen molar-refractivity contribution in [3.05, 3.63) is 54.6 Å². The Morgan fingerprint density at radius 3 is 2.08 bits per heavy atom. The van der Waals surface area contributed by atoms with Crippen LogP contribution in [0.2, 0.25) is 0 Å². The smallest absolute Gasteiger partial charge is 0.327 e. The molecule has 0 radical (unpaired) electrons. The molecule has 0 aliphatic heterocycles. The minimum atomic E-state index is -0.945. The molecule has 0 bridgehead atoms. The van der Waals surface area contributed by atoms with Gasteiger partial charge < -0.3 is 10.1 Å². The van der Waals surface area contributed by atoms with Gasteiger partial charge in [0.05, 0.1) is 0 Å². The van der Waals surface area contributed by atoms with Gasteiger partial charge >= 0.3 is 11.8 Å². The predicted octanol–water partition coefficient (Wildman–Crippen LogP) is 1.40. The fraction of sp³-hybridized carbons (Fsp3) is 0.211. The Kier molecular flexibility index (Phi) is 6.73. The largest absolute Gasteiger partial charge is 0.484 e. The molecule has 26 heavy (non-hydrogen) atoms. The number of rotatable bonds is 5. The number of nitrogens with one attached hydrogen (secondary N) is 3. The van der Waals surface area contributed by atoms with Gasteiger partial charge in [-0.05, 0) is 37.1 Å². The van der Waals surface area contributed by atoms with Crippen LogP contribution in [0.25, 0.3) is 11.1 Å². The molecule has 0 aliphatic rings. The third-order valence-corrected chi connectivity index (χ3v) is 3.27. The molecule has 0 heterocycles. The van der Waals surface area contributed by atoms with Gasteiger partial charge in [0, 0.05) is 6.04 Å². The Balaban J connectivity index is 1.77. The molecule has 0 spiro atoms. The van der Waals surface area contributed by atoms with Crippen molar-refractivity contribution >= 4 is 17.7 Å². The fourth-order valence-electron chi connectivity index (χ4n) is 2.07. The normalized spacial score (nSPS) is 10.1. The highest BCUT2D eigenvalue weighted by Crippen LogP contribution is 2.21. The number of ether oxygens (including phenoxy) is 1. The third kappa shape index (κ3) is 5.94. The first-order chi connectivity index (χ1) is 12.5. The van der Waals surface area contributed by atoms with Crippen molar-refractivity contribution in [3.63, 3.8) is 0 Å². The van der Waals surface area contributed by atoms with E-state index in [1.165, 1.54) is 0 Å². The predicted molar refractivity (Wildman–Crippen MR) is 96.9 cm³/mol. The van der Waals surface area contributed by atoms with E-state index in [0.29, 0.717) is 5.75 Å². The summed E-state index contributed by atoms with van der Waals surface area (Å²) < 4.78 is 5.35. The Bertz CT molecular complexity index is 758. The first-order valence-electron chi connectivity index (χ1n) is 8.13. The Morgan fingerprint density at radius 2 is 1.46 bits per heavy atom. The maximum absolute atomic E-state index is 11.7. The lowest BCUT2D eigenvalue weighted by atomic mass is 10.1. The van der Waals surface area contributed by atoms with E-state index in [2.05, 4.69) is 10.7 Å². The van der Waals surface area contributed by atoms with E-state index in [9.17, 15) is 14.4 Å². The summed E-state index contributed by atoms with van der Waals surface area (Å²) >= 11 is 0. The van der Waals surface area contributed by atoms with Crippen molar-refractivity contribution in [3.8, 4) is 16.9 Å². The molecule has 7 nitrogen and oxygen atoms in total. The highest BCUT2D eigenvalue weighted by atomic mass is 16.5. The summed E-state index contributed by atoms with van der Waals surface area (Å²) in [4.78, 5) is 34.5. The zero-order chi connectivity index (χ0) is 18.9. The van der Waals surface area contributed by atoms with Crippen LogP contribution in [0.5, 0.6) is 5.75 Å². The van der Waals surface area contributed by atoms with Gasteiger partial charge in [-0.3, -0.25) is 25.2 Å². The van der Waals surface area contributed by atoms with Crippen LogP contribution >= 0.6 is 0 Å². The number of hydrogen-bond donors (Lipinski definition) is 3. The number of benzene rings is 2. The number of hydrazine groups is 1. The molecule has 0 aromatic heterocycles. The highest BCUT2D eigenvalue weighted by Gasteiger charge is 2.15. The topological polar surface area (TPSA) is 96.5 Å². The molecule has 0 saturated heterocycles. The second kappa shape index (κ2) is 9.22. The zero-order valence-corrected chi connectivity index (χ0v) is 14.6. The van der Waals surface area contributed by atoms with E-state index >= 15 is 0 Å². The molecule has 3 amide bonds. The van der Waals surface area contributed by atoms with Crippen molar-refractivity contribution < 1.29 is 19.1 Å². The van der Waals surface area contributed by atoms with Crippen molar-refractivity contribution in [1.29, 1.82) is 0 Å². The number of carbonyl (C=O) groups excluding carboxylic acids is 3. The van der Waals surface area contributed by atoms with Gasteiger partial charge in [-0.1, -0.05) is 42.5 Å². The Morgan fingerprint density at radius 1 is 0.846 bits per heavy atom. The summed E-state index contributed by atoms with van der Waals surface area (Å²) in [5.74, 6) is -1.83. The van der Waals surface area contributed by atoms with Gasteiger partial charge in [0.15, 0.2) is 6.61 Å². The van der Waals surface area contributed by atoms with E-state index in [0.717, 1.165) is 11.1 Å². The van der Waals surface area contributed by atoms with Crippen LogP contribution in [0.1, 0.15) is 13.8 Å². The van der Waals surface area contributed by atoms with Crippen LogP contribution in [0, 0.1) is 0 Å². The average molecular weight is 355 g/mol. The maximum Gasteiger partial charge on any atom is 0.327 e. The van der Waals surface area contributed by atoms with Gasteiger partial charge in [0.2, 0.25) is 0 Å². The van der Waals surface area contributed by atoms with E-state index in [1.54, 1.807) is 26.0 Å². The van der Waals surface area contributed by atoms with Crippen molar-refractivity contribution in [2.45, 2.75) is 19.9 Å². The Labute approximate surface area is 151 Å². The zero-order valence-electron chi connectivity index (χ0n) is 14.6. The quantitative estimate of drug-likeness (QED) is 0.558. The van der Waals surface area contributed by atoms with Gasteiger partial charge in [0.1, 0.15) is 5.75 Å². The van der Waals surface area contributed by atoms with Crippen molar-refractivity contribution in [1.82, 2.24) is 16.2 Å². The van der Waals surface area contributed by atoms with E-state index < -0.39 is 17.7 Å². The number of carbonyl (C=O) groups is 3. The third-order valence-electron chi connectivity index (χ3n) is 3.27. The summed E-state index contributed by atoms with van der Waals surface area (Å²) in [5, 5.41) is 2.41. The molecule has 0 saturated carbocycles. The van der Waals surface area contributed by atoms with Gasteiger partial charge in [-0.25, -0.2) is 0 Å². The molecule has 0 fully saturated rings. The lowest BCUT2D eigenvalue weighted by molar-refractivity contribution is -0.141. The van der Waals surface area contributed by atoms with Gasteiger partial charge in [0.25, 0.3) is 5.91 Å². The van der Waals surface area contributed by atoms with Gasteiger partial charge in [-0.15, -0.1) is 0 Å². The minimum absolute atomic E-state index is 0.175. The summed E-state index contributed by atoms with van der Waals surface area (Å²) in [6, 6.07) is 17.0.